The molecule has 0 saturated carbocycles. The number of sulfonamides is 1. The summed E-state index contributed by atoms with van der Waals surface area (Å²) >= 11 is 0. The molecule has 1 saturated heterocycles. The highest BCUT2D eigenvalue weighted by Crippen LogP contribution is 2.27. The van der Waals surface area contributed by atoms with Gasteiger partial charge in [-0.2, -0.15) is 0 Å². The van der Waals surface area contributed by atoms with Gasteiger partial charge in [-0.1, -0.05) is 0 Å². The van der Waals surface area contributed by atoms with Crippen LogP contribution in [0.25, 0.3) is 0 Å². The van der Waals surface area contributed by atoms with Gasteiger partial charge in [-0.05, 0) is 50.6 Å². The predicted octanol–water partition coefficient (Wildman–Crippen LogP) is 1.08. The number of amides is 1. The van der Waals surface area contributed by atoms with Crippen molar-refractivity contribution >= 4 is 34.0 Å². The lowest BCUT2D eigenvalue weighted by molar-refractivity contribution is -0.125. The number of nitrogens with one attached hydrogen (secondary N) is 2. The van der Waals surface area contributed by atoms with Gasteiger partial charge in [0.05, 0.1) is 10.3 Å². The smallest absolute Gasteiger partial charge is 0.238 e. The van der Waals surface area contributed by atoms with E-state index in [9.17, 15) is 13.2 Å². The maximum Gasteiger partial charge on any atom is 0.238 e. The molecule has 1 aliphatic rings. The van der Waals surface area contributed by atoms with E-state index in [2.05, 4.69) is 10.6 Å². The van der Waals surface area contributed by atoms with Crippen LogP contribution >= 0.6 is 12.4 Å². The van der Waals surface area contributed by atoms with Crippen molar-refractivity contribution in [1.82, 2.24) is 5.32 Å². The highest BCUT2D eigenvalue weighted by Gasteiger charge is 2.34. The quantitative estimate of drug-likeness (QED) is 0.770. The van der Waals surface area contributed by atoms with Crippen molar-refractivity contribution in [3.8, 4) is 0 Å². The van der Waals surface area contributed by atoms with E-state index < -0.39 is 15.4 Å². The van der Waals surface area contributed by atoms with Gasteiger partial charge >= 0.3 is 0 Å². The number of carbonyl (C=O) groups is 1. The second kappa shape index (κ2) is 6.74. The van der Waals surface area contributed by atoms with Crippen LogP contribution in [0.4, 0.5) is 5.69 Å². The minimum atomic E-state index is -3.70. The molecule has 1 aliphatic heterocycles. The first-order chi connectivity index (χ1) is 9.31. The van der Waals surface area contributed by atoms with Crippen LogP contribution in [0, 0.1) is 5.41 Å². The van der Waals surface area contributed by atoms with E-state index in [1.165, 1.54) is 24.3 Å². The predicted molar refractivity (Wildman–Crippen MR) is 83.9 cm³/mol. The molecule has 6 nitrogen and oxygen atoms in total. The van der Waals surface area contributed by atoms with Crippen LogP contribution in [0.3, 0.4) is 0 Å². The fourth-order valence-electron chi connectivity index (χ4n) is 2.26. The van der Waals surface area contributed by atoms with Crippen LogP contribution in [0.2, 0.25) is 0 Å². The van der Waals surface area contributed by atoms with Crippen LogP contribution in [-0.4, -0.2) is 27.4 Å². The lowest BCUT2D eigenvalue weighted by Gasteiger charge is -2.32. The highest BCUT2D eigenvalue weighted by atomic mass is 35.5. The topological polar surface area (TPSA) is 101 Å². The van der Waals surface area contributed by atoms with Gasteiger partial charge in [-0.15, -0.1) is 12.4 Å². The van der Waals surface area contributed by atoms with Gasteiger partial charge in [0.1, 0.15) is 0 Å². The van der Waals surface area contributed by atoms with Gasteiger partial charge in [0, 0.05) is 12.2 Å². The first kappa shape index (κ1) is 17.9. The van der Waals surface area contributed by atoms with Crippen LogP contribution in [0.5, 0.6) is 0 Å². The Labute approximate surface area is 130 Å². The SMILES string of the molecule is CC1(C(=O)Nc2ccc(S(N)(=O)=O)cc2)CCCNC1.Cl. The molecule has 21 heavy (non-hydrogen) atoms. The number of carbonyl (C=O) groups excluding carboxylic acids is 1. The minimum Gasteiger partial charge on any atom is -0.326 e. The third-order valence-corrected chi connectivity index (χ3v) is 4.52. The van der Waals surface area contributed by atoms with Crippen molar-refractivity contribution in [3.05, 3.63) is 24.3 Å². The average molecular weight is 334 g/mol. The molecule has 2 rings (SSSR count). The Hall–Kier alpha value is -1.15. The Morgan fingerprint density at radius 3 is 2.43 bits per heavy atom. The molecule has 0 bridgehead atoms. The number of halogens is 1. The average Bonchev–Trinajstić information content (AvgIpc) is 2.39. The van der Waals surface area contributed by atoms with Crippen LogP contribution < -0.4 is 15.8 Å². The molecule has 1 heterocycles. The third kappa shape index (κ3) is 4.41. The largest absolute Gasteiger partial charge is 0.326 e. The Morgan fingerprint density at radius 2 is 1.95 bits per heavy atom. The van der Waals surface area contributed by atoms with Crippen LogP contribution in [-0.2, 0) is 14.8 Å². The lowest BCUT2D eigenvalue weighted by Crippen LogP contribution is -2.46. The van der Waals surface area contributed by atoms with Gasteiger partial charge in [-0.25, -0.2) is 13.6 Å². The Morgan fingerprint density at radius 1 is 1.33 bits per heavy atom. The number of anilines is 1. The number of hydrogen-bond acceptors (Lipinski definition) is 4. The number of benzene rings is 1. The zero-order valence-corrected chi connectivity index (χ0v) is 13.4. The molecule has 0 aromatic heterocycles. The first-order valence-electron chi connectivity index (χ1n) is 6.46. The Balaban J connectivity index is 0.00000220. The molecule has 118 valence electrons. The van der Waals surface area contributed by atoms with Crippen molar-refractivity contribution in [2.24, 2.45) is 10.6 Å². The fourth-order valence-corrected chi connectivity index (χ4v) is 2.78. The molecule has 8 heteroatoms. The second-order valence-electron chi connectivity index (χ2n) is 5.36. The van der Waals surface area contributed by atoms with Gasteiger partial charge < -0.3 is 10.6 Å². The van der Waals surface area contributed by atoms with E-state index in [1.807, 2.05) is 6.92 Å². The molecule has 1 aromatic rings. The molecule has 0 aliphatic carbocycles. The summed E-state index contributed by atoms with van der Waals surface area (Å²) in [4.78, 5) is 12.3. The van der Waals surface area contributed by atoms with Crippen molar-refractivity contribution in [2.75, 3.05) is 18.4 Å². The Kier molecular flexibility index (Phi) is 5.75. The van der Waals surface area contributed by atoms with Crippen LogP contribution in [0.1, 0.15) is 19.8 Å². The van der Waals surface area contributed by atoms with E-state index in [4.69, 9.17) is 5.14 Å². The monoisotopic (exact) mass is 333 g/mol. The van der Waals surface area contributed by atoms with Gasteiger partial charge in [-0.3, -0.25) is 4.79 Å². The highest BCUT2D eigenvalue weighted by molar-refractivity contribution is 7.89. The van der Waals surface area contributed by atoms with Crippen molar-refractivity contribution in [1.29, 1.82) is 0 Å². The maximum atomic E-state index is 12.3. The maximum absolute atomic E-state index is 12.3. The summed E-state index contributed by atoms with van der Waals surface area (Å²) in [7, 11) is -3.70. The molecular formula is C13H20ClN3O3S. The molecule has 0 spiro atoms. The van der Waals surface area contributed by atoms with Crippen molar-refractivity contribution in [3.63, 3.8) is 0 Å². The van der Waals surface area contributed by atoms with E-state index >= 15 is 0 Å². The van der Waals surface area contributed by atoms with Gasteiger partial charge in [0.25, 0.3) is 0 Å². The second-order valence-corrected chi connectivity index (χ2v) is 6.93. The van der Waals surface area contributed by atoms with E-state index in [0.717, 1.165) is 19.4 Å². The standard InChI is InChI=1S/C13H19N3O3S.ClH/c1-13(7-2-8-15-9-13)12(17)16-10-3-5-11(6-4-10)20(14,18)19;/h3-6,15H,2,7-9H2,1H3,(H,16,17)(H2,14,18,19);1H. The molecule has 1 unspecified atom stereocenters. The summed E-state index contributed by atoms with van der Waals surface area (Å²) in [6, 6.07) is 5.84. The lowest BCUT2D eigenvalue weighted by atomic mass is 9.82. The number of hydrogen-bond donors (Lipinski definition) is 3. The number of primary sulfonamides is 1. The van der Waals surface area contributed by atoms with E-state index in [0.29, 0.717) is 12.2 Å². The van der Waals surface area contributed by atoms with Gasteiger partial charge in [0.15, 0.2) is 0 Å². The molecule has 1 aromatic carbocycles. The molecule has 1 atom stereocenters. The van der Waals surface area contributed by atoms with Crippen LogP contribution in [0.15, 0.2) is 29.2 Å². The zero-order valence-electron chi connectivity index (χ0n) is 11.8. The molecule has 0 radical (unpaired) electrons. The Bertz CT molecular complexity index is 596. The normalized spacial score (nSPS) is 22.2. The molecular weight excluding hydrogens is 314 g/mol. The minimum absolute atomic E-state index is 0. The third-order valence-electron chi connectivity index (χ3n) is 3.59. The molecule has 4 N–H and O–H groups in total. The summed E-state index contributed by atoms with van der Waals surface area (Å²) in [6.45, 7) is 3.51. The molecule has 1 fully saturated rings. The van der Waals surface area contributed by atoms with Gasteiger partial charge in [0.2, 0.25) is 15.9 Å². The van der Waals surface area contributed by atoms with E-state index in [1.54, 1.807) is 0 Å². The zero-order chi connectivity index (χ0) is 14.8. The number of rotatable bonds is 3. The summed E-state index contributed by atoms with van der Waals surface area (Å²) < 4.78 is 22.3. The fraction of sp³-hybridized carbons (Fsp3) is 0.462. The summed E-state index contributed by atoms with van der Waals surface area (Å²) in [5.74, 6) is -0.0620. The van der Waals surface area contributed by atoms with E-state index in [-0.39, 0.29) is 23.2 Å². The summed E-state index contributed by atoms with van der Waals surface area (Å²) in [5, 5.41) is 11.1. The summed E-state index contributed by atoms with van der Waals surface area (Å²) in [6.07, 6.45) is 1.80. The molecule has 1 amide bonds. The first-order valence-corrected chi connectivity index (χ1v) is 8.01. The van der Waals surface area contributed by atoms with Crippen molar-refractivity contribution in [2.45, 2.75) is 24.7 Å². The summed E-state index contributed by atoms with van der Waals surface area (Å²) in [5.41, 5.74) is 0.130. The van der Waals surface area contributed by atoms with Crippen molar-refractivity contribution < 1.29 is 13.2 Å². The number of nitrogens with two attached hydrogens (primary N) is 1. The number of piperidine rings is 1.